The van der Waals surface area contributed by atoms with Gasteiger partial charge < -0.3 is 5.32 Å². The zero-order valence-corrected chi connectivity index (χ0v) is 17.6. The maximum absolute atomic E-state index is 12.3. The molecule has 136 valence electrons. The summed E-state index contributed by atoms with van der Waals surface area (Å²) in [6.45, 7) is 0. The molecule has 2 aromatic heterocycles. The number of carbonyl (C=O) groups excluding carboxylic acids is 1. The molecule has 8 heteroatoms. The maximum Gasteiger partial charge on any atom is 0.317 e. The molecule has 4 rings (SSSR count). The van der Waals surface area contributed by atoms with Gasteiger partial charge in [-0.15, -0.1) is 11.3 Å². The molecular weight excluding hydrogens is 444 g/mol. The number of hydrogen-bond donors (Lipinski definition) is 2. The number of aromatic amines is 1. The minimum absolute atomic E-state index is 0.0737. The van der Waals surface area contributed by atoms with Gasteiger partial charge >= 0.3 is 5.16 Å². The minimum atomic E-state index is -0.0737. The van der Waals surface area contributed by atoms with Crippen molar-refractivity contribution in [3.8, 4) is 11.3 Å². The van der Waals surface area contributed by atoms with E-state index >= 15 is 0 Å². The van der Waals surface area contributed by atoms with Crippen molar-refractivity contribution in [1.29, 1.82) is 0 Å². The number of anilines is 1. The van der Waals surface area contributed by atoms with Gasteiger partial charge in [-0.05, 0) is 36.0 Å². The van der Waals surface area contributed by atoms with Gasteiger partial charge in [0.2, 0.25) is 5.91 Å². The lowest BCUT2D eigenvalue weighted by Gasteiger charge is -2.00. The lowest BCUT2D eigenvalue weighted by Crippen LogP contribution is -2.29. The predicted molar refractivity (Wildman–Crippen MR) is 114 cm³/mol. The summed E-state index contributed by atoms with van der Waals surface area (Å²) >= 11 is 6.33. The van der Waals surface area contributed by atoms with Crippen molar-refractivity contribution in [1.82, 2.24) is 9.97 Å². The van der Waals surface area contributed by atoms with Crippen LogP contribution in [-0.4, -0.2) is 21.6 Å². The van der Waals surface area contributed by atoms with Crippen LogP contribution in [0.3, 0.4) is 0 Å². The fourth-order valence-corrected chi connectivity index (χ4v) is 4.50. The van der Waals surface area contributed by atoms with Gasteiger partial charge in [-0.3, -0.25) is 4.79 Å². The molecule has 27 heavy (non-hydrogen) atoms. The lowest BCUT2D eigenvalue weighted by molar-refractivity contribution is -0.683. The second kappa shape index (κ2) is 7.84. The van der Waals surface area contributed by atoms with Crippen molar-refractivity contribution in [3.63, 3.8) is 0 Å². The molecule has 0 fully saturated rings. The average molecular weight is 460 g/mol. The number of hydrogen-bond acceptors (Lipinski definition) is 4. The minimum Gasteiger partial charge on any atom is -0.301 e. The average Bonchev–Trinajstić information content (AvgIpc) is 3.26. The molecule has 2 aromatic carbocycles. The topological polar surface area (TPSA) is 61.7 Å². The first kappa shape index (κ1) is 18.2. The van der Waals surface area contributed by atoms with Crippen LogP contribution in [0.4, 0.5) is 5.13 Å². The first-order valence-electron chi connectivity index (χ1n) is 8.21. The highest BCUT2D eigenvalue weighted by molar-refractivity contribution is 9.10. The van der Waals surface area contributed by atoms with Crippen LogP contribution >= 0.6 is 39.0 Å². The van der Waals surface area contributed by atoms with Crippen molar-refractivity contribution < 1.29 is 9.36 Å². The number of aromatic nitrogens is 3. The number of nitrogens with one attached hydrogen (secondary N) is 2. The molecule has 0 spiro atoms. The second-order valence-corrected chi connectivity index (χ2v) is 8.63. The highest BCUT2D eigenvalue weighted by Crippen LogP contribution is 2.26. The number of H-pyrrole nitrogens is 1. The van der Waals surface area contributed by atoms with E-state index in [-0.39, 0.29) is 5.91 Å². The molecule has 0 saturated heterocycles. The smallest absolute Gasteiger partial charge is 0.301 e. The molecular formula is C19H16BrN4OS2+. The number of halogens is 1. The van der Waals surface area contributed by atoms with Gasteiger partial charge in [-0.25, -0.2) is 14.5 Å². The molecule has 0 radical (unpaired) electrons. The Morgan fingerprint density at radius 1 is 1.26 bits per heavy atom. The predicted octanol–water partition coefficient (Wildman–Crippen LogP) is 4.61. The highest BCUT2D eigenvalue weighted by Gasteiger charge is 2.17. The SMILES string of the molecule is C[n+]1c(SCC(=O)Nc2nc(-c3ccc(Br)cc3)cs2)[nH]c2ccccc21. The van der Waals surface area contributed by atoms with Crippen molar-refractivity contribution in [2.24, 2.45) is 7.05 Å². The van der Waals surface area contributed by atoms with E-state index in [4.69, 9.17) is 0 Å². The molecule has 0 bridgehead atoms. The first-order chi connectivity index (χ1) is 13.1. The van der Waals surface area contributed by atoms with Gasteiger partial charge in [-0.2, -0.15) is 0 Å². The largest absolute Gasteiger partial charge is 0.317 e. The van der Waals surface area contributed by atoms with Crippen molar-refractivity contribution in [3.05, 3.63) is 58.4 Å². The number of nitrogens with zero attached hydrogens (tertiary/aromatic N) is 2. The number of rotatable bonds is 5. The van der Waals surface area contributed by atoms with Crippen LogP contribution in [0.15, 0.2) is 63.5 Å². The Hall–Kier alpha value is -2.16. The maximum atomic E-state index is 12.3. The number of imidazole rings is 1. The Balaban J connectivity index is 1.39. The van der Waals surface area contributed by atoms with Gasteiger partial charge in [-0.1, -0.05) is 40.2 Å². The summed E-state index contributed by atoms with van der Waals surface area (Å²) in [6.07, 6.45) is 0. The standard InChI is InChI=1S/C19H15BrN4OS2/c1-24-16-5-3-2-4-14(16)22-19(24)27-11-17(25)23-18-21-15(10-26-18)12-6-8-13(20)9-7-12/h2-10H,11H2,1H3,(H,21,23,25)/p+1. The third kappa shape index (κ3) is 4.07. The Morgan fingerprint density at radius 2 is 2.04 bits per heavy atom. The molecule has 0 saturated carbocycles. The molecule has 2 heterocycles. The number of thioether (sulfide) groups is 1. The second-order valence-electron chi connectivity index (χ2n) is 5.89. The number of fused-ring (bicyclic) bond motifs is 1. The summed E-state index contributed by atoms with van der Waals surface area (Å²) in [4.78, 5) is 20.2. The van der Waals surface area contributed by atoms with Crippen LogP contribution in [-0.2, 0) is 11.8 Å². The van der Waals surface area contributed by atoms with E-state index in [1.165, 1.54) is 23.1 Å². The van der Waals surface area contributed by atoms with E-state index < -0.39 is 0 Å². The van der Waals surface area contributed by atoms with Crippen LogP contribution in [0.5, 0.6) is 0 Å². The van der Waals surface area contributed by atoms with Crippen LogP contribution in [0, 0.1) is 0 Å². The number of thiazole rings is 1. The van der Waals surface area contributed by atoms with E-state index in [2.05, 4.69) is 41.8 Å². The van der Waals surface area contributed by atoms with E-state index in [0.717, 1.165) is 31.9 Å². The quantitative estimate of drug-likeness (QED) is 0.338. The normalized spacial score (nSPS) is 11.0. The van der Waals surface area contributed by atoms with Crippen molar-refractivity contribution in [2.75, 3.05) is 11.1 Å². The fraction of sp³-hybridized carbons (Fsp3) is 0.105. The first-order valence-corrected chi connectivity index (χ1v) is 10.9. The summed E-state index contributed by atoms with van der Waals surface area (Å²) in [6, 6.07) is 16.0. The van der Waals surface area contributed by atoms with Gasteiger partial charge in [0.25, 0.3) is 0 Å². The molecule has 0 aliphatic carbocycles. The van der Waals surface area contributed by atoms with E-state index in [9.17, 15) is 4.79 Å². The number of aryl methyl sites for hydroxylation is 1. The summed E-state index contributed by atoms with van der Waals surface area (Å²) < 4.78 is 3.08. The van der Waals surface area contributed by atoms with E-state index in [1.54, 1.807) is 0 Å². The van der Waals surface area contributed by atoms with Crippen LogP contribution in [0.25, 0.3) is 22.3 Å². The Kier molecular flexibility index (Phi) is 5.29. The Labute approximate surface area is 173 Å². The molecule has 1 amide bonds. The van der Waals surface area contributed by atoms with Crippen LogP contribution in [0.2, 0.25) is 0 Å². The molecule has 2 N–H and O–H groups in total. The van der Waals surface area contributed by atoms with Gasteiger partial charge in [0.15, 0.2) is 16.2 Å². The summed E-state index contributed by atoms with van der Waals surface area (Å²) in [5, 5.41) is 6.39. The van der Waals surface area contributed by atoms with Crippen LogP contribution < -0.4 is 9.88 Å². The van der Waals surface area contributed by atoms with Crippen molar-refractivity contribution in [2.45, 2.75) is 5.16 Å². The number of amides is 1. The molecule has 0 unspecified atom stereocenters. The van der Waals surface area contributed by atoms with E-state index in [0.29, 0.717) is 10.9 Å². The monoisotopic (exact) mass is 459 g/mol. The zero-order chi connectivity index (χ0) is 18.8. The molecule has 0 aliphatic rings. The van der Waals surface area contributed by atoms with Crippen LogP contribution in [0.1, 0.15) is 0 Å². The summed E-state index contributed by atoms with van der Waals surface area (Å²) in [7, 11) is 1.99. The number of carbonyl (C=O) groups is 1. The summed E-state index contributed by atoms with van der Waals surface area (Å²) in [5.41, 5.74) is 4.05. The molecule has 0 aliphatic heterocycles. The van der Waals surface area contributed by atoms with Gasteiger partial charge in [0, 0.05) is 15.4 Å². The number of benzene rings is 2. The number of para-hydroxylation sites is 2. The Morgan fingerprint density at radius 3 is 2.81 bits per heavy atom. The Bertz CT molecular complexity index is 1100. The summed E-state index contributed by atoms with van der Waals surface area (Å²) in [5.74, 6) is 0.240. The zero-order valence-electron chi connectivity index (χ0n) is 14.4. The lowest BCUT2D eigenvalue weighted by atomic mass is 10.2. The van der Waals surface area contributed by atoms with E-state index in [1.807, 2.05) is 54.9 Å². The third-order valence-electron chi connectivity index (χ3n) is 4.04. The molecule has 4 aromatic rings. The molecule has 0 atom stereocenters. The van der Waals surface area contributed by atoms with Gasteiger partial charge in [0.05, 0.1) is 18.5 Å². The van der Waals surface area contributed by atoms with Crippen molar-refractivity contribution >= 4 is 61.1 Å². The fourth-order valence-electron chi connectivity index (χ4n) is 2.69. The third-order valence-corrected chi connectivity index (χ3v) is 6.38. The highest BCUT2D eigenvalue weighted by atomic mass is 79.9. The van der Waals surface area contributed by atoms with Gasteiger partial charge in [0.1, 0.15) is 0 Å². The molecule has 5 nitrogen and oxygen atoms in total.